The molecule has 0 atom stereocenters. The van der Waals surface area contributed by atoms with Crippen LogP contribution in [0.3, 0.4) is 0 Å². The molecule has 0 bridgehead atoms. The second-order valence-corrected chi connectivity index (χ2v) is 11.8. The van der Waals surface area contributed by atoms with Crippen molar-refractivity contribution in [3.63, 3.8) is 0 Å². The molecule has 0 unspecified atom stereocenters. The summed E-state index contributed by atoms with van der Waals surface area (Å²) in [6.07, 6.45) is 1.24. The summed E-state index contributed by atoms with van der Waals surface area (Å²) in [5.41, 5.74) is 5.01. The van der Waals surface area contributed by atoms with Crippen molar-refractivity contribution in [1.82, 2.24) is 15.2 Å². The van der Waals surface area contributed by atoms with Gasteiger partial charge in [0.2, 0.25) is 5.91 Å². The Labute approximate surface area is 252 Å². The first kappa shape index (κ1) is 29.3. The molecule has 1 aliphatic heterocycles. The van der Waals surface area contributed by atoms with Crippen molar-refractivity contribution in [2.75, 3.05) is 57.1 Å². The molecule has 41 heavy (non-hydrogen) atoms. The lowest BCUT2D eigenvalue weighted by atomic mass is 10.1. The van der Waals surface area contributed by atoms with Gasteiger partial charge in [-0.15, -0.1) is 22.7 Å². The lowest BCUT2D eigenvalue weighted by Gasteiger charge is -2.26. The van der Waals surface area contributed by atoms with E-state index in [0.717, 1.165) is 71.2 Å². The van der Waals surface area contributed by atoms with Crippen molar-refractivity contribution >= 4 is 66.8 Å². The summed E-state index contributed by atoms with van der Waals surface area (Å²) < 4.78 is 12.2. The molecule has 0 spiro atoms. The lowest BCUT2D eigenvalue weighted by Crippen LogP contribution is -2.38. The Morgan fingerprint density at radius 3 is 2.83 bits per heavy atom. The Hall–Kier alpha value is -3.22. The highest BCUT2D eigenvalue weighted by Crippen LogP contribution is 2.37. The fourth-order valence-electron chi connectivity index (χ4n) is 4.64. The van der Waals surface area contributed by atoms with Gasteiger partial charge in [-0.25, -0.2) is 4.98 Å². The third kappa shape index (κ3) is 7.75. The number of hydrogen-bond acceptors (Lipinski definition) is 9. The molecule has 1 aliphatic rings. The monoisotopic (exact) mass is 612 g/mol. The van der Waals surface area contributed by atoms with Gasteiger partial charge in [-0.3, -0.25) is 15.1 Å². The first-order chi connectivity index (χ1) is 20.0. The van der Waals surface area contributed by atoms with Crippen LogP contribution in [0.1, 0.15) is 23.2 Å². The maximum absolute atomic E-state index is 12.6. The van der Waals surface area contributed by atoms with E-state index in [9.17, 15) is 4.79 Å². The van der Waals surface area contributed by atoms with Crippen LogP contribution in [0.15, 0.2) is 47.3 Å². The number of thiophene rings is 1. The summed E-state index contributed by atoms with van der Waals surface area (Å²) in [6.45, 7) is 5.47. The van der Waals surface area contributed by atoms with Gasteiger partial charge in [-0.1, -0.05) is 23.7 Å². The van der Waals surface area contributed by atoms with Gasteiger partial charge in [-0.05, 0) is 42.8 Å². The van der Waals surface area contributed by atoms with Gasteiger partial charge in [0, 0.05) is 47.8 Å². The number of carbonyl (C=O) groups is 1. The van der Waals surface area contributed by atoms with Crippen LogP contribution in [0.25, 0.3) is 10.1 Å². The molecule has 12 heteroatoms. The zero-order chi connectivity index (χ0) is 28.6. The molecule has 1 fully saturated rings. The number of aromatic nitrogens is 1. The summed E-state index contributed by atoms with van der Waals surface area (Å²) in [5.74, 6) is 0.822. The fraction of sp³-hybridized carbons (Fsp3) is 0.345. The Bertz CT molecular complexity index is 1490. The van der Waals surface area contributed by atoms with Gasteiger partial charge in [0.25, 0.3) is 0 Å². The minimum absolute atomic E-state index is 0.0160. The van der Waals surface area contributed by atoms with Crippen LogP contribution in [0.4, 0.5) is 10.7 Å². The molecular weight excluding hydrogens is 580 g/mol. The van der Waals surface area contributed by atoms with Crippen LogP contribution in [0.2, 0.25) is 5.02 Å². The molecule has 216 valence electrons. The third-order valence-corrected chi connectivity index (χ3v) is 8.83. The summed E-state index contributed by atoms with van der Waals surface area (Å²) in [6, 6.07) is 11.4. The van der Waals surface area contributed by atoms with Gasteiger partial charge in [-0.2, -0.15) is 0 Å². The molecule has 5 rings (SSSR count). The Morgan fingerprint density at radius 1 is 1.22 bits per heavy atom. The van der Waals surface area contributed by atoms with E-state index >= 15 is 0 Å². The summed E-state index contributed by atoms with van der Waals surface area (Å²) in [5, 5.41) is 22.5. The predicted octanol–water partition coefficient (Wildman–Crippen LogP) is 5.45. The Balaban J connectivity index is 1.19. The molecular formula is C29H33ClN6O3S2. The smallest absolute Gasteiger partial charge is 0.224 e. The number of ether oxygens (including phenoxy) is 2. The molecule has 2 aromatic carbocycles. The largest absolute Gasteiger partial charge is 0.486 e. The Morgan fingerprint density at radius 2 is 2.07 bits per heavy atom. The topological polar surface area (TPSA) is 112 Å². The third-order valence-electron chi connectivity index (χ3n) is 6.73. The first-order valence-electron chi connectivity index (χ1n) is 13.5. The number of thiazole rings is 1. The number of amidine groups is 1. The van der Waals surface area contributed by atoms with Crippen LogP contribution in [0, 0.1) is 5.41 Å². The normalized spacial score (nSPS) is 13.7. The second kappa shape index (κ2) is 14.1. The van der Waals surface area contributed by atoms with Crippen LogP contribution < -0.4 is 20.7 Å². The number of morpholine rings is 1. The predicted molar refractivity (Wildman–Crippen MR) is 168 cm³/mol. The van der Waals surface area contributed by atoms with Crippen LogP contribution in [-0.4, -0.2) is 68.1 Å². The van der Waals surface area contributed by atoms with E-state index in [-0.39, 0.29) is 11.7 Å². The summed E-state index contributed by atoms with van der Waals surface area (Å²) in [4.78, 5) is 19.2. The van der Waals surface area contributed by atoms with Gasteiger partial charge in [0.05, 0.1) is 41.4 Å². The van der Waals surface area contributed by atoms with Crippen molar-refractivity contribution in [2.45, 2.75) is 19.4 Å². The molecule has 0 aliphatic carbocycles. The number of rotatable bonds is 12. The van der Waals surface area contributed by atoms with Crippen molar-refractivity contribution in [3.05, 3.63) is 69.1 Å². The quantitative estimate of drug-likeness (QED) is 0.0956. The van der Waals surface area contributed by atoms with E-state index in [0.29, 0.717) is 36.0 Å². The van der Waals surface area contributed by atoms with Crippen LogP contribution in [0.5, 0.6) is 5.75 Å². The molecule has 4 aromatic rings. The fourth-order valence-corrected chi connectivity index (χ4v) is 6.55. The molecule has 0 radical (unpaired) electrons. The van der Waals surface area contributed by atoms with E-state index in [1.807, 2.05) is 36.7 Å². The summed E-state index contributed by atoms with van der Waals surface area (Å²) in [7, 11) is 1.85. The molecule has 1 amide bonds. The van der Waals surface area contributed by atoms with E-state index in [2.05, 4.69) is 25.8 Å². The van der Waals surface area contributed by atoms with Gasteiger partial charge >= 0.3 is 0 Å². The molecule has 4 N–H and O–H groups in total. The highest BCUT2D eigenvalue weighted by atomic mass is 35.5. The zero-order valence-electron chi connectivity index (χ0n) is 22.8. The van der Waals surface area contributed by atoms with E-state index in [1.165, 1.54) is 11.3 Å². The first-order valence-corrected chi connectivity index (χ1v) is 15.6. The van der Waals surface area contributed by atoms with Crippen molar-refractivity contribution in [1.29, 1.82) is 5.41 Å². The molecule has 9 nitrogen and oxygen atoms in total. The Kier molecular flexibility index (Phi) is 10.1. The van der Waals surface area contributed by atoms with Gasteiger partial charge in [0.1, 0.15) is 23.2 Å². The van der Waals surface area contributed by atoms with Crippen molar-refractivity contribution < 1.29 is 14.3 Å². The highest BCUT2D eigenvalue weighted by Gasteiger charge is 2.18. The number of fused-ring (bicyclic) bond motifs is 1. The van der Waals surface area contributed by atoms with Crippen LogP contribution >= 0.6 is 34.3 Å². The van der Waals surface area contributed by atoms with E-state index < -0.39 is 0 Å². The molecule has 3 heterocycles. The van der Waals surface area contributed by atoms with Gasteiger partial charge < -0.3 is 25.4 Å². The number of halogens is 1. The number of anilines is 2. The standard InChI is InChI=1S/C29H33ClN6O3S2/c1-32-29-27(28(31)35-20-4-6-24(23(30)15-20)39-16-21-17-40-18-34-21)22-5-3-19(13-25(22)41-29)14-26(37)33-7-2-8-36-9-11-38-12-10-36/h3-6,13,15,17-18,32H,2,7-12,14,16H2,1H3,(H2,31,35)(H,33,37). The zero-order valence-corrected chi connectivity index (χ0v) is 25.2. The maximum atomic E-state index is 12.6. The minimum atomic E-state index is 0.0160. The minimum Gasteiger partial charge on any atom is -0.486 e. The lowest BCUT2D eigenvalue weighted by molar-refractivity contribution is -0.120. The van der Waals surface area contributed by atoms with E-state index in [4.69, 9.17) is 26.5 Å². The van der Waals surface area contributed by atoms with Crippen molar-refractivity contribution in [3.8, 4) is 5.75 Å². The number of carbonyl (C=O) groups excluding carboxylic acids is 1. The average molecular weight is 613 g/mol. The molecule has 1 saturated heterocycles. The molecule has 2 aromatic heterocycles. The number of amides is 1. The number of nitrogens with one attached hydrogen (secondary N) is 4. The summed E-state index contributed by atoms with van der Waals surface area (Å²) >= 11 is 9.54. The van der Waals surface area contributed by atoms with Crippen molar-refractivity contribution in [2.24, 2.45) is 0 Å². The number of hydrogen-bond donors (Lipinski definition) is 4. The SMILES string of the molecule is CNc1sc2cc(CC(=O)NCCCN3CCOCC3)ccc2c1C(=N)Nc1ccc(OCc2cscn2)c(Cl)c1. The second-order valence-electron chi connectivity index (χ2n) is 9.63. The maximum Gasteiger partial charge on any atom is 0.224 e. The van der Waals surface area contributed by atoms with Crippen LogP contribution in [-0.2, 0) is 22.6 Å². The van der Waals surface area contributed by atoms with Gasteiger partial charge in [0.15, 0.2) is 0 Å². The average Bonchev–Trinajstić information content (AvgIpc) is 3.63. The molecule has 0 saturated carbocycles. The van der Waals surface area contributed by atoms with E-state index in [1.54, 1.807) is 29.0 Å². The number of nitrogens with zero attached hydrogens (tertiary/aromatic N) is 2. The highest BCUT2D eigenvalue weighted by molar-refractivity contribution is 7.23. The number of benzene rings is 2.